The third-order valence-corrected chi connectivity index (χ3v) is 2.43. The van der Waals surface area contributed by atoms with Gasteiger partial charge in [-0.25, -0.2) is 4.79 Å². The number of hydrogen-bond acceptors (Lipinski definition) is 5. The predicted molar refractivity (Wildman–Crippen MR) is 57.6 cm³/mol. The molecule has 1 heterocycles. The quantitative estimate of drug-likeness (QED) is 0.634. The Labute approximate surface area is 102 Å². The number of nitrogens with zero attached hydrogens (tertiary/aromatic N) is 1. The number of carbonyl (C=O) groups is 1. The van der Waals surface area contributed by atoms with Crippen molar-refractivity contribution < 1.29 is 24.3 Å². The first-order chi connectivity index (χ1) is 8.58. The van der Waals surface area contributed by atoms with E-state index < -0.39 is 22.1 Å². The Bertz CT molecular complexity index is 480. The van der Waals surface area contributed by atoms with Gasteiger partial charge in [-0.1, -0.05) is 0 Å². The van der Waals surface area contributed by atoms with Gasteiger partial charge in [0.05, 0.1) is 18.1 Å². The molecule has 7 nitrogen and oxygen atoms in total. The molecule has 0 amide bonds. The smallest absolute Gasteiger partial charge is 0.343 e. The summed E-state index contributed by atoms with van der Waals surface area (Å²) in [4.78, 5) is 20.7. The van der Waals surface area contributed by atoms with E-state index in [0.717, 1.165) is 6.07 Å². The molecule has 1 N–H and O–H groups in total. The van der Waals surface area contributed by atoms with Gasteiger partial charge in [-0.3, -0.25) is 10.1 Å². The first kappa shape index (κ1) is 12.1. The molecule has 1 atom stereocenters. The van der Waals surface area contributed by atoms with E-state index in [0.29, 0.717) is 19.6 Å². The molecule has 94 valence electrons. The average Bonchev–Trinajstić information content (AvgIpc) is 2.81. The molecule has 7 heteroatoms. The van der Waals surface area contributed by atoms with Gasteiger partial charge >= 0.3 is 11.7 Å². The highest BCUT2D eigenvalue weighted by molar-refractivity contribution is 5.92. The number of rotatable bonds is 4. The van der Waals surface area contributed by atoms with Crippen molar-refractivity contribution in [2.24, 2.45) is 0 Å². The minimum absolute atomic E-state index is 0.119. The van der Waals surface area contributed by atoms with Crippen molar-refractivity contribution in [2.75, 3.05) is 13.2 Å². The molecule has 1 aliphatic rings. The van der Waals surface area contributed by atoms with Crippen LogP contribution in [0.25, 0.3) is 0 Å². The molecular formula is C11H9NO6. The van der Waals surface area contributed by atoms with Gasteiger partial charge in [-0.05, 0) is 6.07 Å². The Morgan fingerprint density at radius 3 is 2.94 bits per heavy atom. The van der Waals surface area contributed by atoms with Crippen LogP contribution in [0.2, 0.25) is 0 Å². The highest BCUT2D eigenvalue weighted by Crippen LogP contribution is 2.22. The Hall–Kier alpha value is -2.33. The zero-order valence-corrected chi connectivity index (χ0v) is 9.21. The predicted octanol–water partition coefficient (Wildman–Crippen LogP) is 1.06. The van der Waals surface area contributed by atoms with Crippen molar-refractivity contribution in [3.63, 3.8) is 0 Å². The van der Waals surface area contributed by atoms with E-state index in [2.05, 4.69) is 12.1 Å². The molecule has 0 radical (unpaired) electrons. The van der Waals surface area contributed by atoms with Gasteiger partial charge in [0.1, 0.15) is 6.10 Å². The molecule has 18 heavy (non-hydrogen) atoms. The van der Waals surface area contributed by atoms with E-state index in [-0.39, 0.29) is 11.9 Å². The standard InChI is InChI=1S/C11H9NO6/c13-11(14)9-5-7(1-2-10(9)12(15)16)18-8-3-4-17-6-8/h5,8H,3-4,6H2,(H,13,14)/t8-/m0/s1. The van der Waals surface area contributed by atoms with Crippen LogP contribution in [-0.4, -0.2) is 35.3 Å². The van der Waals surface area contributed by atoms with Gasteiger partial charge in [0.2, 0.25) is 0 Å². The van der Waals surface area contributed by atoms with Crippen LogP contribution < -0.4 is 4.74 Å². The normalized spacial score (nSPS) is 18.1. The molecule has 1 saturated heterocycles. The number of carboxylic acids is 1. The lowest BCUT2D eigenvalue weighted by Gasteiger charge is -2.09. The van der Waals surface area contributed by atoms with Crippen LogP contribution in [0.4, 0.5) is 5.69 Å². The molecule has 1 fully saturated rings. The number of nitro groups is 1. The molecular weight excluding hydrogens is 242 g/mol. The summed E-state index contributed by atoms with van der Waals surface area (Å²) in [7, 11) is 0. The third kappa shape index (κ3) is 2.49. The largest absolute Gasteiger partial charge is 0.480 e. The van der Waals surface area contributed by atoms with E-state index >= 15 is 0 Å². The van der Waals surface area contributed by atoms with Gasteiger partial charge in [-0.15, -0.1) is 0 Å². The first-order valence-corrected chi connectivity index (χ1v) is 5.18. The Morgan fingerprint density at radius 1 is 1.61 bits per heavy atom. The number of aromatic carboxylic acids is 1. The van der Waals surface area contributed by atoms with Crippen LogP contribution in [0.3, 0.4) is 0 Å². The van der Waals surface area contributed by atoms with Crippen molar-refractivity contribution >= 4 is 11.7 Å². The van der Waals surface area contributed by atoms with Crippen molar-refractivity contribution in [1.29, 1.82) is 0 Å². The average molecular weight is 251 g/mol. The third-order valence-electron chi connectivity index (χ3n) is 2.43. The Balaban J connectivity index is 2.24. The Kier molecular flexibility index (Phi) is 3.30. The van der Waals surface area contributed by atoms with E-state index in [1.54, 1.807) is 0 Å². The molecule has 0 unspecified atom stereocenters. The molecule has 1 aliphatic heterocycles. The van der Waals surface area contributed by atoms with Gasteiger partial charge in [-0.2, -0.15) is 0 Å². The van der Waals surface area contributed by atoms with Crippen LogP contribution in [0, 0.1) is 22.2 Å². The lowest BCUT2D eigenvalue weighted by atomic mass is 10.2. The van der Waals surface area contributed by atoms with E-state index in [9.17, 15) is 14.9 Å². The lowest BCUT2D eigenvalue weighted by Crippen LogP contribution is -2.15. The summed E-state index contributed by atoms with van der Waals surface area (Å²) in [5, 5.41) is 19.5. The minimum atomic E-state index is -1.40. The van der Waals surface area contributed by atoms with Crippen LogP contribution in [0.1, 0.15) is 16.8 Å². The molecule has 0 saturated carbocycles. The van der Waals surface area contributed by atoms with Crippen LogP contribution in [0.5, 0.6) is 5.75 Å². The van der Waals surface area contributed by atoms with E-state index in [4.69, 9.17) is 14.6 Å². The van der Waals surface area contributed by atoms with Crippen molar-refractivity contribution in [3.8, 4) is 5.75 Å². The van der Waals surface area contributed by atoms with Crippen molar-refractivity contribution in [3.05, 3.63) is 33.9 Å². The highest BCUT2D eigenvalue weighted by Gasteiger charge is 2.22. The fourth-order valence-corrected chi connectivity index (χ4v) is 1.58. The maximum absolute atomic E-state index is 10.9. The van der Waals surface area contributed by atoms with Crippen LogP contribution in [0.15, 0.2) is 6.07 Å². The summed E-state index contributed by atoms with van der Waals surface area (Å²) in [5.74, 6) is -1.28. The van der Waals surface area contributed by atoms with E-state index in [1.165, 1.54) is 0 Å². The lowest BCUT2D eigenvalue weighted by molar-refractivity contribution is -0.385. The molecule has 0 bridgehead atoms. The summed E-state index contributed by atoms with van der Waals surface area (Å²) >= 11 is 0. The van der Waals surface area contributed by atoms with Gasteiger partial charge in [0.25, 0.3) is 0 Å². The van der Waals surface area contributed by atoms with Gasteiger partial charge in [0, 0.05) is 18.6 Å². The molecule has 1 aromatic rings. The molecule has 0 aliphatic carbocycles. The number of ether oxygens (including phenoxy) is 2. The molecule has 1 aromatic carbocycles. The second-order valence-electron chi connectivity index (χ2n) is 3.69. The van der Waals surface area contributed by atoms with Crippen molar-refractivity contribution in [1.82, 2.24) is 0 Å². The van der Waals surface area contributed by atoms with Gasteiger partial charge < -0.3 is 14.6 Å². The summed E-state index contributed by atoms with van der Waals surface area (Å²) in [6, 6.07) is 5.70. The fourth-order valence-electron chi connectivity index (χ4n) is 1.58. The minimum Gasteiger partial charge on any atom is -0.480 e. The topological polar surface area (TPSA) is 98.9 Å². The number of carboxylic acid groups (broad SMARTS) is 1. The molecule has 2 rings (SSSR count). The molecule has 0 spiro atoms. The zero-order valence-electron chi connectivity index (χ0n) is 9.21. The summed E-state index contributed by atoms with van der Waals surface area (Å²) in [6.45, 7) is 0.986. The summed E-state index contributed by atoms with van der Waals surface area (Å²) < 4.78 is 10.5. The summed E-state index contributed by atoms with van der Waals surface area (Å²) in [5.41, 5.74) is -1.09. The highest BCUT2D eigenvalue weighted by atomic mass is 16.6. The van der Waals surface area contributed by atoms with Crippen LogP contribution >= 0.6 is 0 Å². The molecule has 0 aromatic heterocycles. The summed E-state index contributed by atoms with van der Waals surface area (Å²) in [6.07, 6.45) is 0.505. The van der Waals surface area contributed by atoms with Gasteiger partial charge in [0.15, 0.2) is 11.3 Å². The first-order valence-electron chi connectivity index (χ1n) is 5.18. The fraction of sp³-hybridized carbons (Fsp3) is 0.364. The number of hydrogen-bond donors (Lipinski definition) is 1. The van der Waals surface area contributed by atoms with Crippen molar-refractivity contribution in [2.45, 2.75) is 12.5 Å². The zero-order chi connectivity index (χ0) is 13.1. The van der Waals surface area contributed by atoms with E-state index in [1.807, 2.05) is 0 Å². The Morgan fingerprint density at radius 2 is 2.39 bits per heavy atom. The second kappa shape index (κ2) is 4.89. The second-order valence-corrected chi connectivity index (χ2v) is 3.69. The van der Waals surface area contributed by atoms with Crippen LogP contribution in [-0.2, 0) is 4.74 Å². The maximum atomic E-state index is 10.9. The maximum Gasteiger partial charge on any atom is 0.343 e. The SMILES string of the molecule is O=C(O)c1cc(O[C@H]2CCOC2)c#cc1[N+](=O)[O-]. The monoisotopic (exact) mass is 251 g/mol.